The van der Waals surface area contributed by atoms with Gasteiger partial charge in [-0.2, -0.15) is 0 Å². The molecule has 1 aromatic carbocycles. The highest BCUT2D eigenvalue weighted by atomic mass is 35.5. The number of carbonyl (C=O) groups is 1. The Hall–Kier alpha value is -1.29. The van der Waals surface area contributed by atoms with Gasteiger partial charge in [0.05, 0.1) is 12.1 Å². The summed E-state index contributed by atoms with van der Waals surface area (Å²) in [5.74, 6) is -1.38. The number of benzene rings is 1. The predicted octanol–water partition coefficient (Wildman–Crippen LogP) is 2.87. The van der Waals surface area contributed by atoms with Crippen LogP contribution in [0.4, 0.5) is 10.1 Å². The number of nitrogens with zero attached hydrogens (tertiary/aromatic N) is 1. The average molecular weight is 258 g/mol. The van der Waals surface area contributed by atoms with E-state index in [1.807, 2.05) is 0 Å². The van der Waals surface area contributed by atoms with Gasteiger partial charge in [0, 0.05) is 18.8 Å². The van der Waals surface area contributed by atoms with Gasteiger partial charge < -0.3 is 9.64 Å². The minimum Gasteiger partial charge on any atom is -0.465 e. The predicted molar refractivity (Wildman–Crippen MR) is 64.2 cm³/mol. The van der Waals surface area contributed by atoms with Crippen molar-refractivity contribution in [3.05, 3.63) is 28.5 Å². The van der Waals surface area contributed by atoms with Crippen LogP contribution in [0.2, 0.25) is 5.02 Å². The van der Waals surface area contributed by atoms with Gasteiger partial charge in [0.2, 0.25) is 0 Å². The fourth-order valence-corrected chi connectivity index (χ4v) is 2.29. The van der Waals surface area contributed by atoms with Crippen LogP contribution in [-0.2, 0) is 4.74 Å². The third-order valence-electron chi connectivity index (χ3n) is 2.89. The van der Waals surface area contributed by atoms with Gasteiger partial charge in [0.1, 0.15) is 11.4 Å². The summed E-state index contributed by atoms with van der Waals surface area (Å²) in [6.07, 6.45) is 2.19. The first kappa shape index (κ1) is 12.2. The molecule has 1 heterocycles. The zero-order chi connectivity index (χ0) is 12.4. The Labute approximate surface area is 104 Å². The standard InChI is InChI=1S/C12H13ClFNO2/c1-17-12(16)11-9(13)6-8(7-10(11)14)15-4-2-3-5-15/h6-7H,2-5H2,1H3. The zero-order valence-electron chi connectivity index (χ0n) is 9.50. The maximum Gasteiger partial charge on any atom is 0.342 e. The summed E-state index contributed by atoms with van der Waals surface area (Å²) >= 11 is 5.92. The number of esters is 1. The van der Waals surface area contributed by atoms with Crippen LogP contribution in [0, 0.1) is 5.82 Å². The second kappa shape index (κ2) is 4.92. The molecule has 0 saturated carbocycles. The van der Waals surface area contributed by atoms with E-state index in [4.69, 9.17) is 11.6 Å². The van der Waals surface area contributed by atoms with Crippen LogP contribution < -0.4 is 4.90 Å². The number of hydrogen-bond acceptors (Lipinski definition) is 3. The van der Waals surface area contributed by atoms with Crippen LogP contribution in [0.15, 0.2) is 12.1 Å². The number of hydrogen-bond donors (Lipinski definition) is 0. The van der Waals surface area contributed by atoms with Gasteiger partial charge in [-0.05, 0) is 25.0 Å². The molecule has 0 spiro atoms. The quantitative estimate of drug-likeness (QED) is 0.763. The van der Waals surface area contributed by atoms with Crippen molar-refractivity contribution in [2.75, 3.05) is 25.1 Å². The van der Waals surface area contributed by atoms with Crippen LogP contribution in [-0.4, -0.2) is 26.2 Å². The maximum absolute atomic E-state index is 13.8. The maximum atomic E-state index is 13.8. The molecule has 0 amide bonds. The Morgan fingerprint density at radius 2 is 2.06 bits per heavy atom. The lowest BCUT2D eigenvalue weighted by molar-refractivity contribution is 0.0596. The lowest BCUT2D eigenvalue weighted by atomic mass is 10.2. The first-order chi connectivity index (χ1) is 8.13. The van der Waals surface area contributed by atoms with E-state index in [1.54, 1.807) is 6.07 Å². The van der Waals surface area contributed by atoms with E-state index in [0.717, 1.165) is 31.6 Å². The topological polar surface area (TPSA) is 29.5 Å². The number of methoxy groups -OCH3 is 1. The second-order valence-corrected chi connectivity index (χ2v) is 4.38. The van der Waals surface area contributed by atoms with Crippen LogP contribution >= 0.6 is 11.6 Å². The lowest BCUT2D eigenvalue weighted by Crippen LogP contribution is -2.18. The van der Waals surface area contributed by atoms with Gasteiger partial charge in [-0.15, -0.1) is 0 Å². The van der Waals surface area contributed by atoms with Gasteiger partial charge >= 0.3 is 5.97 Å². The second-order valence-electron chi connectivity index (χ2n) is 3.97. The molecule has 0 aromatic heterocycles. The molecule has 0 unspecified atom stereocenters. The van der Waals surface area contributed by atoms with Crippen LogP contribution in [0.25, 0.3) is 0 Å². The molecule has 0 aliphatic carbocycles. The molecule has 1 aliphatic heterocycles. The van der Waals surface area contributed by atoms with Gasteiger partial charge in [0.15, 0.2) is 0 Å². The molecule has 0 radical (unpaired) electrons. The van der Waals surface area contributed by atoms with Crippen molar-refractivity contribution in [2.45, 2.75) is 12.8 Å². The van der Waals surface area contributed by atoms with Crippen molar-refractivity contribution in [1.82, 2.24) is 0 Å². The van der Waals surface area contributed by atoms with Gasteiger partial charge in [-0.25, -0.2) is 9.18 Å². The van der Waals surface area contributed by atoms with Crippen LogP contribution in [0.1, 0.15) is 23.2 Å². The third-order valence-corrected chi connectivity index (χ3v) is 3.19. The summed E-state index contributed by atoms with van der Waals surface area (Å²) in [6.45, 7) is 1.79. The van der Waals surface area contributed by atoms with E-state index in [9.17, 15) is 9.18 Å². The molecular weight excluding hydrogens is 245 g/mol. The number of rotatable bonds is 2. The Balaban J connectivity index is 2.37. The molecule has 1 fully saturated rings. The SMILES string of the molecule is COC(=O)c1c(F)cc(N2CCCC2)cc1Cl. The molecule has 92 valence electrons. The Morgan fingerprint density at radius 1 is 1.41 bits per heavy atom. The molecule has 1 aromatic rings. The normalized spacial score (nSPS) is 15.1. The Kier molecular flexibility index (Phi) is 3.52. The number of anilines is 1. The Morgan fingerprint density at radius 3 is 2.59 bits per heavy atom. The van der Waals surface area contributed by atoms with Crippen LogP contribution in [0.3, 0.4) is 0 Å². The highest BCUT2D eigenvalue weighted by molar-refractivity contribution is 6.33. The first-order valence-corrected chi connectivity index (χ1v) is 5.83. The number of halogens is 2. The van der Waals surface area contributed by atoms with Crippen molar-refractivity contribution in [1.29, 1.82) is 0 Å². The Bertz CT molecular complexity index is 421. The average Bonchev–Trinajstić information content (AvgIpc) is 2.81. The van der Waals surface area contributed by atoms with E-state index in [1.165, 1.54) is 13.2 Å². The fraction of sp³-hybridized carbons (Fsp3) is 0.417. The van der Waals surface area contributed by atoms with Crippen molar-refractivity contribution < 1.29 is 13.9 Å². The molecule has 0 atom stereocenters. The monoisotopic (exact) mass is 257 g/mol. The molecule has 1 aliphatic rings. The van der Waals surface area contributed by atoms with E-state index < -0.39 is 11.8 Å². The molecule has 17 heavy (non-hydrogen) atoms. The summed E-state index contributed by atoms with van der Waals surface area (Å²) in [6, 6.07) is 2.95. The summed E-state index contributed by atoms with van der Waals surface area (Å²) in [5, 5.41) is 0.0961. The molecule has 2 rings (SSSR count). The van der Waals surface area contributed by atoms with E-state index in [0.29, 0.717) is 0 Å². The molecule has 5 heteroatoms. The van der Waals surface area contributed by atoms with Gasteiger partial charge in [-0.1, -0.05) is 11.6 Å². The highest BCUT2D eigenvalue weighted by Crippen LogP contribution is 2.29. The minimum absolute atomic E-state index is 0.0961. The van der Waals surface area contributed by atoms with E-state index >= 15 is 0 Å². The molecular formula is C12H13ClFNO2. The van der Waals surface area contributed by atoms with Crippen LogP contribution in [0.5, 0.6) is 0 Å². The molecule has 1 saturated heterocycles. The van der Waals surface area contributed by atoms with Crippen molar-refractivity contribution in [2.24, 2.45) is 0 Å². The lowest BCUT2D eigenvalue weighted by Gasteiger charge is -2.18. The summed E-state index contributed by atoms with van der Waals surface area (Å²) in [4.78, 5) is 13.4. The van der Waals surface area contributed by atoms with Gasteiger partial charge in [-0.3, -0.25) is 0 Å². The number of ether oxygens (including phenoxy) is 1. The molecule has 3 nitrogen and oxygen atoms in total. The third kappa shape index (κ3) is 2.36. The smallest absolute Gasteiger partial charge is 0.342 e. The highest BCUT2D eigenvalue weighted by Gasteiger charge is 2.21. The summed E-state index contributed by atoms with van der Waals surface area (Å²) in [5.41, 5.74) is 0.523. The van der Waals surface area contributed by atoms with E-state index in [2.05, 4.69) is 9.64 Å². The first-order valence-electron chi connectivity index (χ1n) is 5.46. The zero-order valence-corrected chi connectivity index (χ0v) is 10.3. The summed E-state index contributed by atoms with van der Waals surface area (Å²) < 4.78 is 18.3. The summed E-state index contributed by atoms with van der Waals surface area (Å²) in [7, 11) is 1.20. The fourth-order valence-electron chi connectivity index (χ4n) is 2.01. The minimum atomic E-state index is -0.750. The van der Waals surface area contributed by atoms with E-state index in [-0.39, 0.29) is 10.6 Å². The molecule has 0 bridgehead atoms. The van der Waals surface area contributed by atoms with Crippen molar-refractivity contribution >= 4 is 23.3 Å². The molecule has 0 N–H and O–H groups in total. The van der Waals surface area contributed by atoms with Crippen molar-refractivity contribution in [3.8, 4) is 0 Å². The van der Waals surface area contributed by atoms with Gasteiger partial charge in [0.25, 0.3) is 0 Å². The largest absolute Gasteiger partial charge is 0.465 e. The van der Waals surface area contributed by atoms with Crippen molar-refractivity contribution in [3.63, 3.8) is 0 Å². The number of carbonyl (C=O) groups excluding carboxylic acids is 1.